The van der Waals surface area contributed by atoms with E-state index < -0.39 is 11.9 Å². The predicted octanol–water partition coefficient (Wildman–Crippen LogP) is 10.0. The average molecular weight is 677 g/mol. The second-order valence-corrected chi connectivity index (χ2v) is 15.3. The van der Waals surface area contributed by atoms with Gasteiger partial charge in [-0.1, -0.05) is 12.1 Å². The highest BCUT2D eigenvalue weighted by atomic mass is 19.4. The normalized spacial score (nSPS) is 15.4. The van der Waals surface area contributed by atoms with Gasteiger partial charge in [0.2, 0.25) is 0 Å². The molecule has 0 radical (unpaired) electrons. The van der Waals surface area contributed by atoms with E-state index in [1.807, 2.05) is 17.7 Å². The van der Waals surface area contributed by atoms with E-state index in [1.54, 1.807) is 0 Å². The molecule has 7 heteroatoms. The predicted molar refractivity (Wildman–Crippen MR) is 200 cm³/mol. The van der Waals surface area contributed by atoms with Crippen LogP contribution in [0, 0.1) is 6.92 Å². The lowest BCUT2D eigenvalue weighted by Gasteiger charge is -2.09. The lowest BCUT2D eigenvalue weighted by Crippen LogP contribution is -2.10. The van der Waals surface area contributed by atoms with Crippen LogP contribution < -0.4 is 0 Å². The Hall–Kier alpha value is -5.43. The van der Waals surface area contributed by atoms with Gasteiger partial charge in [0, 0.05) is 58.1 Å². The zero-order valence-electron chi connectivity index (χ0n) is 29.2. The molecule has 0 saturated heterocycles. The number of halogens is 3. The van der Waals surface area contributed by atoms with E-state index in [0.717, 1.165) is 37.0 Å². The molecule has 0 atom stereocenters. The van der Waals surface area contributed by atoms with Crippen molar-refractivity contribution in [2.75, 3.05) is 0 Å². The lowest BCUT2D eigenvalue weighted by atomic mass is 9.95. The van der Waals surface area contributed by atoms with Crippen LogP contribution in [0.5, 0.6) is 0 Å². The standard InChI is InChI=1S/C44H35F3N4/c1-22-6-39-40(48(22)2)19-37(49(39)3)31-9-23-7-27-13-29-18-36-30(17-35(29)33(27)15-25(23)11-31)14-28-8-24-10-32(12-26(24)16-34(28)36)38-20-41-42(50(38)4)21-43(51(41)5)44(45,46)47/h6-10,15-21H,11-14H2,1-5H3. The molecule has 0 saturated carbocycles. The number of hydrogen-bond donors (Lipinski definition) is 0. The summed E-state index contributed by atoms with van der Waals surface area (Å²) in [6.07, 6.45) is 3.83. The van der Waals surface area contributed by atoms with Gasteiger partial charge in [0.05, 0.1) is 22.1 Å². The minimum Gasteiger partial charge on any atom is -0.347 e. The Morgan fingerprint density at radius 2 is 0.863 bits per heavy atom. The van der Waals surface area contributed by atoms with Gasteiger partial charge in [-0.25, -0.2) is 0 Å². The van der Waals surface area contributed by atoms with Crippen LogP contribution in [0.4, 0.5) is 13.2 Å². The minimum absolute atomic E-state index is 0.601. The Labute approximate surface area is 293 Å². The third-order valence-corrected chi connectivity index (χ3v) is 12.5. The fraction of sp³-hybridized carbons (Fsp3) is 0.227. The number of nitrogens with zero attached hydrogens (tertiary/aromatic N) is 4. The summed E-state index contributed by atoms with van der Waals surface area (Å²) in [7, 11) is 7.69. The van der Waals surface area contributed by atoms with Crippen molar-refractivity contribution in [2.24, 2.45) is 28.2 Å². The van der Waals surface area contributed by atoms with Crippen LogP contribution in [0.3, 0.4) is 0 Å². The van der Waals surface area contributed by atoms with Crippen LogP contribution in [-0.2, 0) is 60.1 Å². The van der Waals surface area contributed by atoms with Gasteiger partial charge in [-0.15, -0.1) is 0 Å². The summed E-state index contributed by atoms with van der Waals surface area (Å²) in [6, 6.07) is 22.3. The Kier molecular flexibility index (Phi) is 5.44. The first-order chi connectivity index (χ1) is 24.4. The minimum atomic E-state index is -4.38. The van der Waals surface area contributed by atoms with Crippen LogP contribution >= 0.6 is 0 Å². The van der Waals surface area contributed by atoms with Crippen molar-refractivity contribution >= 4 is 45.4 Å². The third kappa shape index (κ3) is 3.86. The molecule has 252 valence electrons. The fourth-order valence-corrected chi connectivity index (χ4v) is 9.71. The van der Waals surface area contributed by atoms with E-state index in [1.165, 1.54) is 112 Å². The molecule has 0 N–H and O–H groups in total. The summed E-state index contributed by atoms with van der Waals surface area (Å²) >= 11 is 0. The molecule has 0 spiro atoms. The smallest absolute Gasteiger partial charge is 0.347 e. The van der Waals surface area contributed by atoms with Crippen LogP contribution in [0.25, 0.3) is 67.6 Å². The molecule has 0 aliphatic heterocycles. The first-order valence-electron chi connectivity index (χ1n) is 17.7. The van der Waals surface area contributed by atoms with Crippen LogP contribution in [-0.4, -0.2) is 18.3 Å². The van der Waals surface area contributed by atoms with E-state index in [0.29, 0.717) is 11.0 Å². The maximum atomic E-state index is 13.6. The topological polar surface area (TPSA) is 19.7 Å². The first-order valence-corrected chi connectivity index (χ1v) is 17.7. The zero-order valence-corrected chi connectivity index (χ0v) is 29.2. The Morgan fingerprint density at radius 3 is 1.31 bits per heavy atom. The number of alkyl halides is 3. The van der Waals surface area contributed by atoms with E-state index in [-0.39, 0.29) is 0 Å². The van der Waals surface area contributed by atoms with E-state index in [4.69, 9.17) is 0 Å². The summed E-state index contributed by atoms with van der Waals surface area (Å²) in [5.41, 5.74) is 25.5. The van der Waals surface area contributed by atoms with Crippen LogP contribution in [0.1, 0.15) is 67.3 Å². The van der Waals surface area contributed by atoms with Crippen molar-refractivity contribution in [3.63, 3.8) is 0 Å². The molecule has 11 rings (SSSR count). The van der Waals surface area contributed by atoms with Gasteiger partial charge in [-0.2, -0.15) is 13.2 Å². The van der Waals surface area contributed by atoms with Crippen LogP contribution in [0.2, 0.25) is 0 Å². The number of rotatable bonds is 2. The second-order valence-electron chi connectivity index (χ2n) is 15.3. The largest absolute Gasteiger partial charge is 0.431 e. The Morgan fingerprint density at radius 1 is 0.451 bits per heavy atom. The van der Waals surface area contributed by atoms with Crippen molar-refractivity contribution in [3.05, 3.63) is 128 Å². The number of aryl methyl sites for hydroxylation is 5. The van der Waals surface area contributed by atoms with Crippen molar-refractivity contribution in [1.82, 2.24) is 18.3 Å². The summed E-state index contributed by atoms with van der Waals surface area (Å²) in [5.74, 6) is 0. The number of aromatic nitrogens is 4. The highest BCUT2D eigenvalue weighted by Gasteiger charge is 2.36. The van der Waals surface area contributed by atoms with Gasteiger partial charge in [-0.3, -0.25) is 0 Å². The van der Waals surface area contributed by atoms with Crippen molar-refractivity contribution < 1.29 is 13.2 Å². The van der Waals surface area contributed by atoms with Gasteiger partial charge in [0.1, 0.15) is 5.69 Å². The molecule has 51 heavy (non-hydrogen) atoms. The average Bonchev–Trinajstić information content (AvgIpc) is 3.95. The zero-order chi connectivity index (χ0) is 34.8. The van der Waals surface area contributed by atoms with E-state index in [9.17, 15) is 13.2 Å². The van der Waals surface area contributed by atoms with Gasteiger partial charge in [0.15, 0.2) is 0 Å². The van der Waals surface area contributed by atoms with Crippen molar-refractivity contribution in [3.8, 4) is 22.3 Å². The first kappa shape index (κ1) is 29.3. The summed E-state index contributed by atoms with van der Waals surface area (Å²) in [5, 5.41) is 0. The molecule has 0 bridgehead atoms. The molecule has 3 aromatic carbocycles. The molecule has 0 amide bonds. The third-order valence-electron chi connectivity index (χ3n) is 12.5. The van der Waals surface area contributed by atoms with Crippen LogP contribution in [0.15, 0.2) is 60.7 Å². The number of hydrogen-bond acceptors (Lipinski definition) is 0. The highest BCUT2D eigenvalue weighted by molar-refractivity contribution is 5.97. The molecule has 4 aliphatic rings. The monoisotopic (exact) mass is 676 g/mol. The van der Waals surface area contributed by atoms with Crippen molar-refractivity contribution in [2.45, 2.75) is 38.8 Å². The van der Waals surface area contributed by atoms with E-state index in [2.05, 4.69) is 90.8 Å². The summed E-state index contributed by atoms with van der Waals surface area (Å²) < 4.78 is 48.5. The highest BCUT2D eigenvalue weighted by Crippen LogP contribution is 2.49. The molecule has 0 unspecified atom stereocenters. The number of benzene rings is 3. The number of allylic oxidation sites excluding steroid dienone is 2. The molecule has 4 nitrogen and oxygen atoms in total. The lowest BCUT2D eigenvalue weighted by molar-refractivity contribution is -0.142. The van der Waals surface area contributed by atoms with Gasteiger partial charge in [-0.05, 0) is 158 Å². The Balaban J connectivity index is 0.887. The fourth-order valence-electron chi connectivity index (χ4n) is 9.71. The summed E-state index contributed by atoms with van der Waals surface area (Å²) in [6.45, 7) is 2.16. The van der Waals surface area contributed by atoms with Gasteiger partial charge in [0.25, 0.3) is 0 Å². The summed E-state index contributed by atoms with van der Waals surface area (Å²) in [4.78, 5) is 0. The quantitative estimate of drug-likeness (QED) is 0.174. The Bertz CT molecular complexity index is 2840. The van der Waals surface area contributed by atoms with Crippen molar-refractivity contribution in [1.29, 1.82) is 0 Å². The SMILES string of the molecule is Cc1cc2c(cc(C3=Cc4cc5c(cc4C3)-c3cc4c(cc3C5)-c3cc5c(cc3C4)C=C(c3cc4c(cc(C(F)(F)F)n4C)n3C)C5)n2C)n1C. The molecular weight excluding hydrogens is 642 g/mol. The second kappa shape index (κ2) is 9.46. The molecule has 4 aromatic heterocycles. The maximum absolute atomic E-state index is 13.6. The molecule has 4 aliphatic carbocycles. The van der Waals surface area contributed by atoms with Gasteiger partial charge >= 0.3 is 6.18 Å². The molecule has 7 aromatic rings. The van der Waals surface area contributed by atoms with E-state index >= 15 is 0 Å². The molecular formula is C44H35F3N4. The van der Waals surface area contributed by atoms with Gasteiger partial charge < -0.3 is 18.3 Å². The molecule has 4 heterocycles. The maximum Gasteiger partial charge on any atom is 0.431 e. The molecule has 0 fully saturated rings. The number of fused-ring (bicyclic) bond motifs is 10.